The molecule has 0 N–H and O–H groups in total. The molecule has 2 aromatic rings. The van der Waals surface area contributed by atoms with E-state index < -0.39 is 0 Å². The molecule has 0 aromatic heterocycles. The van der Waals surface area contributed by atoms with E-state index in [1.807, 2.05) is 24.3 Å². The number of para-hydroxylation sites is 1. The molecular formula is C18H18O3. The Balaban J connectivity index is 1.90. The minimum atomic E-state index is -0.366. The van der Waals surface area contributed by atoms with E-state index in [0.29, 0.717) is 11.3 Å². The van der Waals surface area contributed by atoms with Gasteiger partial charge in [-0.05, 0) is 42.5 Å². The lowest BCUT2D eigenvalue weighted by molar-refractivity contribution is 0.0592. The Kier molecular flexibility index (Phi) is 3.91. The Morgan fingerprint density at radius 1 is 1.10 bits per heavy atom. The Bertz CT molecular complexity index is 648. The van der Waals surface area contributed by atoms with Crippen molar-refractivity contribution >= 4 is 5.97 Å². The summed E-state index contributed by atoms with van der Waals surface area (Å²) in [4.78, 5) is 11.8. The predicted molar refractivity (Wildman–Crippen MR) is 80.5 cm³/mol. The van der Waals surface area contributed by atoms with Gasteiger partial charge in [0.2, 0.25) is 0 Å². The molecule has 3 rings (SSSR count). The van der Waals surface area contributed by atoms with Crippen molar-refractivity contribution in [1.29, 1.82) is 0 Å². The smallest absolute Gasteiger partial charge is 0.341 e. The average molecular weight is 282 g/mol. The molecule has 0 spiro atoms. The van der Waals surface area contributed by atoms with Gasteiger partial charge >= 0.3 is 5.97 Å². The molecule has 3 heteroatoms. The van der Waals surface area contributed by atoms with E-state index in [9.17, 15) is 4.79 Å². The van der Waals surface area contributed by atoms with E-state index in [4.69, 9.17) is 9.47 Å². The molecule has 0 bridgehead atoms. The number of ether oxygens (including phenoxy) is 2. The molecule has 3 nitrogen and oxygen atoms in total. The molecule has 2 aromatic carbocycles. The van der Waals surface area contributed by atoms with Crippen molar-refractivity contribution in [1.82, 2.24) is 0 Å². The van der Waals surface area contributed by atoms with E-state index in [0.717, 1.165) is 19.3 Å². The molecule has 21 heavy (non-hydrogen) atoms. The van der Waals surface area contributed by atoms with E-state index in [1.165, 1.54) is 18.2 Å². The number of carbonyl (C=O) groups excluding carboxylic acids is 1. The number of esters is 1. The van der Waals surface area contributed by atoms with Crippen LogP contribution in [0, 0.1) is 0 Å². The van der Waals surface area contributed by atoms with Crippen LogP contribution in [0.25, 0.3) is 0 Å². The fourth-order valence-electron chi connectivity index (χ4n) is 2.83. The zero-order valence-corrected chi connectivity index (χ0v) is 12.0. The second-order valence-electron chi connectivity index (χ2n) is 5.19. The number of hydrogen-bond donors (Lipinski definition) is 0. The Morgan fingerprint density at radius 3 is 2.71 bits per heavy atom. The van der Waals surface area contributed by atoms with Crippen LogP contribution in [-0.4, -0.2) is 13.1 Å². The Hall–Kier alpha value is -2.29. The van der Waals surface area contributed by atoms with Crippen molar-refractivity contribution in [2.24, 2.45) is 0 Å². The van der Waals surface area contributed by atoms with Gasteiger partial charge in [-0.2, -0.15) is 0 Å². The first kappa shape index (κ1) is 13.7. The summed E-state index contributed by atoms with van der Waals surface area (Å²) in [5.74, 6) is 0.223. The summed E-state index contributed by atoms with van der Waals surface area (Å²) in [5.41, 5.74) is 3.04. The first-order valence-corrected chi connectivity index (χ1v) is 7.21. The Labute approximate surface area is 124 Å². The summed E-state index contributed by atoms with van der Waals surface area (Å²) in [6.45, 7) is 0. The lowest BCUT2D eigenvalue weighted by Gasteiger charge is -2.26. The van der Waals surface area contributed by atoms with Crippen LogP contribution < -0.4 is 4.74 Å². The van der Waals surface area contributed by atoms with Crippen LogP contribution >= 0.6 is 0 Å². The zero-order valence-electron chi connectivity index (χ0n) is 12.0. The quantitative estimate of drug-likeness (QED) is 0.800. The van der Waals surface area contributed by atoms with Gasteiger partial charge in [0.1, 0.15) is 17.4 Å². The number of carbonyl (C=O) groups is 1. The number of benzene rings is 2. The van der Waals surface area contributed by atoms with Gasteiger partial charge in [0.15, 0.2) is 0 Å². The maximum Gasteiger partial charge on any atom is 0.341 e. The van der Waals surface area contributed by atoms with Crippen molar-refractivity contribution in [2.45, 2.75) is 25.4 Å². The van der Waals surface area contributed by atoms with E-state index in [1.54, 1.807) is 6.07 Å². The lowest BCUT2D eigenvalue weighted by Crippen LogP contribution is -2.16. The van der Waals surface area contributed by atoms with E-state index >= 15 is 0 Å². The highest BCUT2D eigenvalue weighted by atomic mass is 16.5. The van der Waals surface area contributed by atoms with Gasteiger partial charge < -0.3 is 9.47 Å². The normalized spacial score (nSPS) is 16.9. The molecule has 0 saturated heterocycles. The van der Waals surface area contributed by atoms with Gasteiger partial charge in [-0.25, -0.2) is 4.79 Å². The number of aryl methyl sites for hydroxylation is 1. The maximum atomic E-state index is 11.8. The van der Waals surface area contributed by atoms with Crippen LogP contribution in [0.3, 0.4) is 0 Å². The van der Waals surface area contributed by atoms with Gasteiger partial charge in [0, 0.05) is 0 Å². The molecule has 1 aliphatic carbocycles. The number of hydrogen-bond acceptors (Lipinski definition) is 3. The van der Waals surface area contributed by atoms with Crippen LogP contribution in [0.15, 0.2) is 48.5 Å². The van der Waals surface area contributed by atoms with Crippen LogP contribution in [0.5, 0.6) is 5.75 Å². The molecule has 0 heterocycles. The van der Waals surface area contributed by atoms with Crippen LogP contribution in [0.4, 0.5) is 0 Å². The van der Waals surface area contributed by atoms with Crippen LogP contribution in [0.2, 0.25) is 0 Å². The van der Waals surface area contributed by atoms with Crippen molar-refractivity contribution in [2.75, 3.05) is 7.11 Å². The van der Waals surface area contributed by atoms with Crippen molar-refractivity contribution in [3.8, 4) is 5.75 Å². The molecule has 108 valence electrons. The summed E-state index contributed by atoms with van der Waals surface area (Å²) in [5, 5.41) is 0. The molecule has 0 aliphatic heterocycles. The molecule has 0 fully saturated rings. The van der Waals surface area contributed by atoms with Crippen molar-refractivity contribution < 1.29 is 14.3 Å². The fraction of sp³-hybridized carbons (Fsp3) is 0.278. The summed E-state index contributed by atoms with van der Waals surface area (Å²) in [6.07, 6.45) is 3.16. The predicted octanol–water partition coefficient (Wildman–Crippen LogP) is 3.93. The monoisotopic (exact) mass is 282 g/mol. The minimum absolute atomic E-state index is 0.000700. The average Bonchev–Trinajstić information content (AvgIpc) is 2.55. The zero-order chi connectivity index (χ0) is 14.7. The number of fused-ring (bicyclic) bond motifs is 1. The molecule has 1 aliphatic rings. The highest BCUT2D eigenvalue weighted by molar-refractivity contribution is 5.92. The van der Waals surface area contributed by atoms with Gasteiger partial charge in [-0.15, -0.1) is 0 Å². The minimum Gasteiger partial charge on any atom is -0.485 e. The summed E-state index contributed by atoms with van der Waals surface area (Å²) in [6, 6.07) is 15.6. The maximum absolute atomic E-state index is 11.8. The Morgan fingerprint density at radius 2 is 1.86 bits per heavy atom. The van der Waals surface area contributed by atoms with Gasteiger partial charge in [-0.1, -0.05) is 36.4 Å². The van der Waals surface area contributed by atoms with Gasteiger partial charge in [0.25, 0.3) is 0 Å². The fourth-order valence-corrected chi connectivity index (χ4v) is 2.83. The largest absolute Gasteiger partial charge is 0.485 e. The van der Waals surface area contributed by atoms with Gasteiger partial charge in [-0.3, -0.25) is 0 Å². The summed E-state index contributed by atoms with van der Waals surface area (Å²) >= 11 is 0. The van der Waals surface area contributed by atoms with Crippen LogP contribution in [-0.2, 0) is 11.2 Å². The molecule has 1 atom stereocenters. The third kappa shape index (κ3) is 2.77. The first-order valence-electron chi connectivity index (χ1n) is 7.21. The third-order valence-corrected chi connectivity index (χ3v) is 3.88. The molecule has 0 radical (unpaired) electrons. The van der Waals surface area contributed by atoms with Crippen molar-refractivity contribution in [3.63, 3.8) is 0 Å². The van der Waals surface area contributed by atoms with Gasteiger partial charge in [0.05, 0.1) is 7.11 Å². The van der Waals surface area contributed by atoms with E-state index in [2.05, 4.69) is 18.2 Å². The molecule has 1 unspecified atom stereocenters. The topological polar surface area (TPSA) is 35.5 Å². The SMILES string of the molecule is COC(=O)c1ccccc1OC1CCCc2ccccc21. The number of rotatable bonds is 3. The summed E-state index contributed by atoms with van der Waals surface area (Å²) < 4.78 is 11.0. The highest BCUT2D eigenvalue weighted by Gasteiger charge is 2.23. The molecular weight excluding hydrogens is 264 g/mol. The first-order chi connectivity index (χ1) is 10.3. The standard InChI is InChI=1S/C18H18O3/c1-20-18(19)15-10-4-5-11-17(15)21-16-12-6-8-13-7-2-3-9-14(13)16/h2-5,7,9-11,16H,6,8,12H2,1H3. The second kappa shape index (κ2) is 6.00. The van der Waals surface area contributed by atoms with E-state index in [-0.39, 0.29) is 12.1 Å². The molecule has 0 amide bonds. The molecule has 0 saturated carbocycles. The second-order valence-corrected chi connectivity index (χ2v) is 5.19. The third-order valence-electron chi connectivity index (χ3n) is 3.88. The summed E-state index contributed by atoms with van der Waals surface area (Å²) in [7, 11) is 1.38. The number of methoxy groups -OCH3 is 1. The van der Waals surface area contributed by atoms with Crippen molar-refractivity contribution in [3.05, 3.63) is 65.2 Å². The lowest BCUT2D eigenvalue weighted by atomic mass is 9.89. The highest BCUT2D eigenvalue weighted by Crippen LogP contribution is 2.34. The van der Waals surface area contributed by atoms with Crippen LogP contribution in [0.1, 0.15) is 40.4 Å².